The number of carbonyl (C=O) groups excluding carboxylic acids is 1. The van der Waals surface area contributed by atoms with Gasteiger partial charge in [0.25, 0.3) is 0 Å². The third kappa shape index (κ3) is 3.59. The van der Waals surface area contributed by atoms with Crippen molar-refractivity contribution in [3.63, 3.8) is 0 Å². The normalized spacial score (nSPS) is 20.4. The van der Waals surface area contributed by atoms with Gasteiger partial charge in [-0.05, 0) is 19.1 Å². The van der Waals surface area contributed by atoms with E-state index in [1.807, 2.05) is 19.1 Å². The SMILES string of the molecule is C[C@@H]1CN(C(=O)NCc2ccc(Cl)s2)CCO1. The highest BCUT2D eigenvalue weighted by Gasteiger charge is 2.20. The van der Waals surface area contributed by atoms with Gasteiger partial charge in [0.2, 0.25) is 0 Å². The summed E-state index contributed by atoms with van der Waals surface area (Å²) in [6.07, 6.45) is 0.116. The van der Waals surface area contributed by atoms with Crippen LogP contribution in [0.25, 0.3) is 0 Å². The predicted octanol–water partition coefficient (Wildman–Crippen LogP) is 2.33. The summed E-state index contributed by atoms with van der Waals surface area (Å²) in [6, 6.07) is 3.73. The first-order chi connectivity index (χ1) is 8.15. The van der Waals surface area contributed by atoms with Gasteiger partial charge >= 0.3 is 6.03 Å². The van der Waals surface area contributed by atoms with Crippen molar-refractivity contribution < 1.29 is 9.53 Å². The summed E-state index contributed by atoms with van der Waals surface area (Å²) in [7, 11) is 0. The highest BCUT2D eigenvalue weighted by Crippen LogP contribution is 2.21. The number of halogens is 1. The minimum absolute atomic E-state index is 0.0373. The van der Waals surface area contributed by atoms with E-state index in [9.17, 15) is 4.79 Å². The molecule has 0 saturated carbocycles. The number of ether oxygens (including phenoxy) is 1. The van der Waals surface area contributed by atoms with Gasteiger partial charge in [-0.1, -0.05) is 11.6 Å². The van der Waals surface area contributed by atoms with E-state index in [4.69, 9.17) is 16.3 Å². The standard InChI is InChI=1S/C11H15ClN2O2S/c1-8-7-14(4-5-16-8)11(15)13-6-9-2-3-10(12)17-9/h2-3,8H,4-7H2,1H3,(H,13,15)/t8-/m1/s1. The lowest BCUT2D eigenvalue weighted by molar-refractivity contribution is -0.00350. The summed E-state index contributed by atoms with van der Waals surface area (Å²) < 4.78 is 6.13. The van der Waals surface area contributed by atoms with Crippen molar-refractivity contribution in [2.24, 2.45) is 0 Å². The lowest BCUT2D eigenvalue weighted by Gasteiger charge is -2.31. The van der Waals surface area contributed by atoms with Crippen molar-refractivity contribution in [3.05, 3.63) is 21.3 Å². The van der Waals surface area contributed by atoms with Crippen LogP contribution in [0.15, 0.2) is 12.1 Å². The molecule has 1 atom stereocenters. The zero-order valence-corrected chi connectivity index (χ0v) is 11.2. The third-order valence-electron chi connectivity index (χ3n) is 2.57. The van der Waals surface area contributed by atoms with Gasteiger partial charge < -0.3 is 15.0 Å². The van der Waals surface area contributed by atoms with E-state index in [2.05, 4.69) is 5.32 Å². The quantitative estimate of drug-likeness (QED) is 0.899. The van der Waals surface area contributed by atoms with Crippen LogP contribution in [0.5, 0.6) is 0 Å². The Morgan fingerprint density at radius 3 is 3.18 bits per heavy atom. The van der Waals surface area contributed by atoms with Crippen LogP contribution in [0.3, 0.4) is 0 Å². The first-order valence-electron chi connectivity index (χ1n) is 5.54. The molecule has 0 bridgehead atoms. The number of hydrogen-bond acceptors (Lipinski definition) is 3. The van der Waals surface area contributed by atoms with Crippen LogP contribution in [0.4, 0.5) is 4.79 Å². The number of thiophene rings is 1. The van der Waals surface area contributed by atoms with E-state index >= 15 is 0 Å². The zero-order chi connectivity index (χ0) is 12.3. The van der Waals surface area contributed by atoms with Gasteiger partial charge in [-0.25, -0.2) is 4.79 Å². The molecule has 0 radical (unpaired) electrons. The average molecular weight is 275 g/mol. The van der Waals surface area contributed by atoms with Gasteiger partial charge in [0, 0.05) is 18.0 Å². The number of hydrogen-bond donors (Lipinski definition) is 1. The topological polar surface area (TPSA) is 41.6 Å². The molecule has 94 valence electrons. The third-order valence-corrected chi connectivity index (χ3v) is 3.80. The first kappa shape index (κ1) is 12.7. The van der Waals surface area contributed by atoms with Crippen molar-refractivity contribution in [1.82, 2.24) is 10.2 Å². The molecule has 6 heteroatoms. The molecule has 1 saturated heterocycles. The van der Waals surface area contributed by atoms with Crippen LogP contribution in [0.1, 0.15) is 11.8 Å². The van der Waals surface area contributed by atoms with Gasteiger partial charge in [-0.3, -0.25) is 0 Å². The lowest BCUT2D eigenvalue weighted by atomic mass is 10.3. The molecule has 1 aliphatic rings. The van der Waals surface area contributed by atoms with Gasteiger partial charge in [0.05, 0.1) is 23.6 Å². The molecule has 0 spiro atoms. The molecular weight excluding hydrogens is 260 g/mol. The number of amides is 2. The van der Waals surface area contributed by atoms with E-state index < -0.39 is 0 Å². The summed E-state index contributed by atoms with van der Waals surface area (Å²) in [5.41, 5.74) is 0. The Bertz CT molecular complexity index is 397. The smallest absolute Gasteiger partial charge is 0.317 e. The van der Waals surface area contributed by atoms with Gasteiger partial charge in [0.1, 0.15) is 0 Å². The van der Waals surface area contributed by atoms with Crippen molar-refractivity contribution in [2.45, 2.75) is 19.6 Å². The van der Waals surface area contributed by atoms with Crippen LogP contribution >= 0.6 is 22.9 Å². The minimum atomic E-state index is -0.0373. The van der Waals surface area contributed by atoms with E-state index in [1.165, 1.54) is 11.3 Å². The molecule has 0 unspecified atom stereocenters. The fourth-order valence-corrected chi connectivity index (χ4v) is 2.75. The Hall–Kier alpha value is -0.780. The maximum absolute atomic E-state index is 11.9. The molecule has 2 heterocycles. The molecule has 0 aromatic carbocycles. The van der Waals surface area contributed by atoms with E-state index in [1.54, 1.807) is 4.90 Å². The second kappa shape index (κ2) is 5.71. The fourth-order valence-electron chi connectivity index (χ4n) is 1.72. The highest BCUT2D eigenvalue weighted by atomic mass is 35.5. The number of carbonyl (C=O) groups is 1. The Labute approximate surface area is 110 Å². The molecule has 1 aliphatic heterocycles. The number of morpholine rings is 1. The van der Waals surface area contributed by atoms with Crippen LogP contribution in [-0.4, -0.2) is 36.7 Å². The van der Waals surface area contributed by atoms with Crippen LogP contribution in [0.2, 0.25) is 4.34 Å². The van der Waals surface area contributed by atoms with Crippen LogP contribution in [0, 0.1) is 0 Å². The Kier molecular flexibility index (Phi) is 4.25. The monoisotopic (exact) mass is 274 g/mol. The van der Waals surface area contributed by atoms with Crippen molar-refractivity contribution in [1.29, 1.82) is 0 Å². The van der Waals surface area contributed by atoms with Crippen LogP contribution < -0.4 is 5.32 Å². The Morgan fingerprint density at radius 2 is 2.53 bits per heavy atom. The highest BCUT2D eigenvalue weighted by molar-refractivity contribution is 7.16. The maximum Gasteiger partial charge on any atom is 0.317 e. The van der Waals surface area contributed by atoms with Crippen molar-refractivity contribution in [2.75, 3.05) is 19.7 Å². The molecule has 17 heavy (non-hydrogen) atoms. The molecule has 4 nitrogen and oxygen atoms in total. The summed E-state index contributed by atoms with van der Waals surface area (Å²) in [5, 5.41) is 2.89. The van der Waals surface area contributed by atoms with Crippen molar-refractivity contribution >= 4 is 29.0 Å². The van der Waals surface area contributed by atoms with Gasteiger partial charge in [0.15, 0.2) is 0 Å². The Morgan fingerprint density at radius 1 is 1.71 bits per heavy atom. The summed E-state index contributed by atoms with van der Waals surface area (Å²) in [5.74, 6) is 0. The predicted molar refractivity (Wildman–Crippen MR) is 68.6 cm³/mol. The molecule has 2 amide bonds. The molecule has 1 aromatic heterocycles. The second-order valence-electron chi connectivity index (χ2n) is 3.99. The molecular formula is C11H15ClN2O2S. The number of nitrogens with zero attached hydrogens (tertiary/aromatic N) is 1. The minimum Gasteiger partial charge on any atom is -0.375 e. The van der Waals surface area contributed by atoms with E-state index in [0.717, 1.165) is 9.21 Å². The zero-order valence-electron chi connectivity index (χ0n) is 9.61. The maximum atomic E-state index is 11.9. The van der Waals surface area contributed by atoms with E-state index in [-0.39, 0.29) is 12.1 Å². The Balaban J connectivity index is 1.80. The molecule has 1 aromatic rings. The number of nitrogens with one attached hydrogen (secondary N) is 1. The first-order valence-corrected chi connectivity index (χ1v) is 6.73. The molecule has 1 fully saturated rings. The molecule has 0 aliphatic carbocycles. The molecule has 1 N–H and O–H groups in total. The molecule has 2 rings (SSSR count). The summed E-state index contributed by atoms with van der Waals surface area (Å²) >= 11 is 7.31. The van der Waals surface area contributed by atoms with Gasteiger partial charge in [-0.15, -0.1) is 11.3 Å². The number of urea groups is 1. The number of rotatable bonds is 2. The van der Waals surface area contributed by atoms with E-state index in [0.29, 0.717) is 26.2 Å². The van der Waals surface area contributed by atoms with Crippen LogP contribution in [-0.2, 0) is 11.3 Å². The lowest BCUT2D eigenvalue weighted by Crippen LogP contribution is -2.48. The van der Waals surface area contributed by atoms with Gasteiger partial charge in [-0.2, -0.15) is 0 Å². The average Bonchev–Trinajstić information content (AvgIpc) is 2.72. The van der Waals surface area contributed by atoms with Crippen molar-refractivity contribution in [3.8, 4) is 0 Å². The summed E-state index contributed by atoms with van der Waals surface area (Å²) in [6.45, 7) is 4.41. The summed E-state index contributed by atoms with van der Waals surface area (Å²) in [4.78, 5) is 14.7. The largest absolute Gasteiger partial charge is 0.375 e. The second-order valence-corrected chi connectivity index (χ2v) is 5.79. The fraction of sp³-hybridized carbons (Fsp3) is 0.545.